The summed E-state index contributed by atoms with van der Waals surface area (Å²) in [5, 5.41) is 3.36. The molecule has 0 bridgehead atoms. The van der Waals surface area contributed by atoms with Crippen LogP contribution in [0.2, 0.25) is 0 Å². The summed E-state index contributed by atoms with van der Waals surface area (Å²) < 4.78 is 18.3. The van der Waals surface area contributed by atoms with Gasteiger partial charge in [0.2, 0.25) is 5.91 Å². The molecule has 2 unspecified atom stereocenters. The van der Waals surface area contributed by atoms with Crippen molar-refractivity contribution in [2.24, 2.45) is 10.8 Å². The van der Waals surface area contributed by atoms with Crippen LogP contribution in [0.4, 0.5) is 0 Å². The van der Waals surface area contributed by atoms with Crippen molar-refractivity contribution in [1.29, 1.82) is 0 Å². The zero-order valence-electron chi connectivity index (χ0n) is 42.2. The van der Waals surface area contributed by atoms with E-state index >= 15 is 0 Å². The third-order valence-electron chi connectivity index (χ3n) is 13.9. The first kappa shape index (κ1) is 58.4. The first-order valence-electron chi connectivity index (χ1n) is 26.4. The van der Waals surface area contributed by atoms with Crippen LogP contribution in [0.5, 0.6) is 0 Å². The van der Waals surface area contributed by atoms with E-state index in [1.807, 2.05) is 0 Å². The molecule has 0 fully saturated rings. The third-order valence-corrected chi connectivity index (χ3v) is 13.9. The number of hydrogen-bond donors (Lipinski definition) is 1. The number of nitrogens with one attached hydrogen (secondary N) is 1. The van der Waals surface area contributed by atoms with Gasteiger partial charge in [-0.15, -0.1) is 0 Å². The minimum atomic E-state index is -0.539. The Kier molecular flexibility index (Phi) is 38.6. The van der Waals surface area contributed by atoms with Crippen molar-refractivity contribution in [2.75, 3.05) is 26.9 Å². The van der Waals surface area contributed by atoms with E-state index in [2.05, 4.69) is 67.6 Å². The molecule has 0 aliphatic rings. The van der Waals surface area contributed by atoms with Crippen LogP contribution in [0.25, 0.3) is 0 Å². The summed E-state index contributed by atoms with van der Waals surface area (Å²) in [6, 6.07) is 0. The number of carbonyl (C=O) groups excluding carboxylic acids is 1. The first-order valence-corrected chi connectivity index (χ1v) is 26.4. The van der Waals surface area contributed by atoms with Gasteiger partial charge in [-0.3, -0.25) is 4.79 Å². The van der Waals surface area contributed by atoms with E-state index < -0.39 is 5.41 Å². The molecule has 0 spiro atoms. The van der Waals surface area contributed by atoms with Crippen LogP contribution < -0.4 is 5.32 Å². The molecule has 1 N–H and O–H groups in total. The van der Waals surface area contributed by atoms with Gasteiger partial charge in [0.25, 0.3) is 0 Å². The van der Waals surface area contributed by atoms with Crippen LogP contribution >= 0.6 is 0 Å². The number of amides is 1. The Bertz CT molecular complexity index is 901. The molecule has 2 atom stereocenters. The van der Waals surface area contributed by atoms with Crippen LogP contribution in [0.15, 0.2) is 0 Å². The summed E-state index contributed by atoms with van der Waals surface area (Å²) >= 11 is 0. The van der Waals surface area contributed by atoms with E-state index in [0.717, 1.165) is 32.3 Å². The first-order chi connectivity index (χ1) is 28.3. The average molecular weight is 836 g/mol. The Labute approximate surface area is 371 Å². The SMILES string of the molecule is CCCCCCCCCCCCCCCCCCOC(CCCCCCCCCCCCCCCCCC)CNC(=O)C(C)(C)C(C)(C)CC(C)OCCC(C)(C)OC. The fourth-order valence-corrected chi connectivity index (χ4v) is 8.44. The van der Waals surface area contributed by atoms with Gasteiger partial charge in [-0.05, 0) is 51.9 Å². The van der Waals surface area contributed by atoms with Crippen molar-refractivity contribution < 1.29 is 19.0 Å². The second-order valence-electron chi connectivity index (χ2n) is 20.7. The summed E-state index contributed by atoms with van der Waals surface area (Å²) in [6.45, 7) is 21.6. The molecular weight excluding hydrogens is 727 g/mol. The topological polar surface area (TPSA) is 56.8 Å². The fourth-order valence-electron chi connectivity index (χ4n) is 8.44. The second kappa shape index (κ2) is 39.0. The zero-order valence-corrected chi connectivity index (χ0v) is 42.2. The van der Waals surface area contributed by atoms with Crippen LogP contribution in [-0.4, -0.2) is 50.6 Å². The van der Waals surface area contributed by atoms with E-state index in [9.17, 15) is 4.79 Å². The highest BCUT2D eigenvalue weighted by Crippen LogP contribution is 2.43. The van der Waals surface area contributed by atoms with E-state index in [1.54, 1.807) is 7.11 Å². The monoisotopic (exact) mass is 836 g/mol. The lowest BCUT2D eigenvalue weighted by molar-refractivity contribution is -0.138. The lowest BCUT2D eigenvalue weighted by Gasteiger charge is -2.42. The molecule has 0 aromatic rings. The summed E-state index contributed by atoms with van der Waals surface area (Å²) in [4.78, 5) is 13.8. The van der Waals surface area contributed by atoms with Gasteiger partial charge in [-0.2, -0.15) is 0 Å². The van der Waals surface area contributed by atoms with E-state index in [0.29, 0.717) is 13.2 Å². The van der Waals surface area contributed by atoms with Crippen molar-refractivity contribution in [3.8, 4) is 0 Å². The molecule has 0 heterocycles. The molecule has 5 nitrogen and oxygen atoms in total. The third kappa shape index (κ3) is 34.5. The lowest BCUT2D eigenvalue weighted by Crippen LogP contribution is -2.49. The standard InChI is InChI=1S/C54H109NO4/c1-11-13-15-17-19-21-23-25-27-29-31-33-35-37-39-41-43-50(59-45-42-40-38-36-34-32-30-28-26-24-22-20-18-16-14-12-2)48-55-51(56)54(8,9)52(4,5)47-49(3)58-46-44-53(6,7)57-10/h49-50H,11-48H2,1-10H3,(H,55,56). The number of carbonyl (C=O) groups is 1. The van der Waals surface area contributed by atoms with Gasteiger partial charge in [0.05, 0.1) is 17.8 Å². The van der Waals surface area contributed by atoms with Crippen molar-refractivity contribution in [3.05, 3.63) is 0 Å². The summed E-state index contributed by atoms with van der Waals surface area (Å²) in [5.41, 5.74) is -0.959. The van der Waals surface area contributed by atoms with Gasteiger partial charge >= 0.3 is 0 Å². The molecule has 354 valence electrons. The molecule has 5 heteroatoms. The van der Waals surface area contributed by atoms with Crippen LogP contribution in [0.3, 0.4) is 0 Å². The number of ether oxygens (including phenoxy) is 3. The van der Waals surface area contributed by atoms with Gasteiger partial charge in [0, 0.05) is 32.3 Å². The van der Waals surface area contributed by atoms with Gasteiger partial charge < -0.3 is 19.5 Å². The molecule has 0 rings (SSSR count). The van der Waals surface area contributed by atoms with Crippen LogP contribution in [0, 0.1) is 10.8 Å². The van der Waals surface area contributed by atoms with Gasteiger partial charge in [0.15, 0.2) is 0 Å². The Hall–Kier alpha value is -0.650. The predicted octanol–water partition coefficient (Wildman–Crippen LogP) is 17.1. The Balaban J connectivity index is 4.60. The molecule has 0 aliphatic carbocycles. The van der Waals surface area contributed by atoms with Crippen LogP contribution in [-0.2, 0) is 19.0 Å². The normalized spacial score (nSPS) is 13.6. The number of rotatable bonds is 46. The molecule has 0 saturated carbocycles. The number of hydrogen-bond acceptors (Lipinski definition) is 4. The molecule has 0 aromatic carbocycles. The predicted molar refractivity (Wildman–Crippen MR) is 260 cm³/mol. The molecule has 0 aliphatic heterocycles. The Morgan fingerprint density at radius 3 is 1.22 bits per heavy atom. The second-order valence-corrected chi connectivity index (χ2v) is 20.7. The van der Waals surface area contributed by atoms with E-state index in [4.69, 9.17) is 14.2 Å². The number of methoxy groups -OCH3 is 1. The van der Waals surface area contributed by atoms with Crippen molar-refractivity contribution in [3.63, 3.8) is 0 Å². The fraction of sp³-hybridized carbons (Fsp3) is 0.981. The molecule has 0 aromatic heterocycles. The largest absolute Gasteiger partial charge is 0.379 e. The highest BCUT2D eigenvalue weighted by atomic mass is 16.5. The quantitative estimate of drug-likeness (QED) is 0.0621. The minimum Gasteiger partial charge on any atom is -0.379 e. The summed E-state index contributed by atoms with van der Waals surface area (Å²) in [6.07, 6.45) is 47.1. The minimum absolute atomic E-state index is 0.0652. The highest BCUT2D eigenvalue weighted by molar-refractivity contribution is 5.82. The molecule has 1 amide bonds. The average Bonchev–Trinajstić information content (AvgIpc) is 3.20. The Morgan fingerprint density at radius 2 is 0.847 bits per heavy atom. The van der Waals surface area contributed by atoms with Crippen molar-refractivity contribution in [1.82, 2.24) is 5.32 Å². The molecule has 0 saturated heterocycles. The number of unbranched alkanes of at least 4 members (excludes halogenated alkanes) is 30. The molecule has 59 heavy (non-hydrogen) atoms. The van der Waals surface area contributed by atoms with Crippen molar-refractivity contribution in [2.45, 2.75) is 305 Å². The highest BCUT2D eigenvalue weighted by Gasteiger charge is 2.44. The molecule has 0 radical (unpaired) electrons. The van der Waals surface area contributed by atoms with Crippen LogP contribution in [0.1, 0.15) is 287 Å². The summed E-state index contributed by atoms with van der Waals surface area (Å²) in [7, 11) is 1.76. The molecular formula is C54H109NO4. The van der Waals surface area contributed by atoms with E-state index in [1.165, 1.54) is 199 Å². The van der Waals surface area contributed by atoms with Gasteiger partial charge in [-0.25, -0.2) is 0 Å². The lowest BCUT2D eigenvalue weighted by atomic mass is 9.64. The zero-order chi connectivity index (χ0) is 43.9. The maximum atomic E-state index is 13.8. The summed E-state index contributed by atoms with van der Waals surface area (Å²) in [5.74, 6) is 0.123. The van der Waals surface area contributed by atoms with Gasteiger partial charge in [-0.1, -0.05) is 241 Å². The van der Waals surface area contributed by atoms with E-state index in [-0.39, 0.29) is 29.1 Å². The Morgan fingerprint density at radius 1 is 0.492 bits per heavy atom. The maximum Gasteiger partial charge on any atom is 0.226 e. The maximum absolute atomic E-state index is 13.8. The van der Waals surface area contributed by atoms with Crippen molar-refractivity contribution >= 4 is 5.91 Å². The van der Waals surface area contributed by atoms with Gasteiger partial charge in [0.1, 0.15) is 0 Å². The smallest absolute Gasteiger partial charge is 0.226 e.